The molecule has 0 bridgehead atoms. The number of fused-ring (bicyclic) bond motifs is 1. The SMILES string of the molecule is CCc1c(-c2cc3c(s2)CCC3)sc(C#N)c1N. The second kappa shape index (κ2) is 4.42. The molecule has 2 N–H and O–H groups in total. The molecule has 2 nitrogen and oxygen atoms in total. The zero-order valence-electron chi connectivity index (χ0n) is 10.2. The maximum atomic E-state index is 9.10. The highest BCUT2D eigenvalue weighted by atomic mass is 32.1. The van der Waals surface area contributed by atoms with Crippen molar-refractivity contribution in [1.82, 2.24) is 0 Å². The van der Waals surface area contributed by atoms with Gasteiger partial charge in [-0.25, -0.2) is 0 Å². The minimum Gasteiger partial charge on any atom is -0.397 e. The summed E-state index contributed by atoms with van der Waals surface area (Å²) >= 11 is 3.43. The standard InChI is InChI=1S/C14H14N2S2/c1-2-9-13(16)12(7-15)18-14(9)11-6-8-4-3-5-10(8)17-11/h6H,2-5,16H2,1H3. The largest absolute Gasteiger partial charge is 0.397 e. The lowest BCUT2D eigenvalue weighted by Gasteiger charge is -1.99. The fourth-order valence-electron chi connectivity index (χ4n) is 2.55. The van der Waals surface area contributed by atoms with Gasteiger partial charge in [0.1, 0.15) is 10.9 Å². The number of thiophene rings is 2. The smallest absolute Gasteiger partial charge is 0.128 e. The van der Waals surface area contributed by atoms with E-state index >= 15 is 0 Å². The van der Waals surface area contributed by atoms with Gasteiger partial charge in [-0.3, -0.25) is 0 Å². The van der Waals surface area contributed by atoms with Crippen molar-refractivity contribution in [1.29, 1.82) is 5.26 Å². The van der Waals surface area contributed by atoms with Crippen LogP contribution in [0.1, 0.15) is 34.2 Å². The summed E-state index contributed by atoms with van der Waals surface area (Å²) in [5.41, 5.74) is 9.39. The van der Waals surface area contributed by atoms with Crippen molar-refractivity contribution in [3.8, 4) is 15.8 Å². The number of aryl methyl sites for hydroxylation is 2. The molecular weight excluding hydrogens is 260 g/mol. The number of hydrogen-bond donors (Lipinski definition) is 1. The predicted molar refractivity (Wildman–Crippen MR) is 78.2 cm³/mol. The van der Waals surface area contributed by atoms with Crippen molar-refractivity contribution in [3.63, 3.8) is 0 Å². The molecule has 0 amide bonds. The van der Waals surface area contributed by atoms with Crippen molar-refractivity contribution < 1.29 is 0 Å². The first-order valence-electron chi connectivity index (χ1n) is 6.17. The van der Waals surface area contributed by atoms with Crippen molar-refractivity contribution in [2.75, 3.05) is 5.73 Å². The Morgan fingerprint density at radius 3 is 2.89 bits per heavy atom. The Kier molecular flexibility index (Phi) is 2.89. The number of nitrogens with zero attached hydrogens (tertiary/aromatic N) is 1. The van der Waals surface area contributed by atoms with E-state index in [9.17, 15) is 0 Å². The summed E-state index contributed by atoms with van der Waals surface area (Å²) in [4.78, 5) is 4.70. The normalized spacial score (nSPS) is 13.6. The first-order chi connectivity index (χ1) is 8.74. The van der Waals surface area contributed by atoms with E-state index in [1.165, 1.54) is 39.5 Å². The van der Waals surface area contributed by atoms with E-state index in [2.05, 4.69) is 19.1 Å². The summed E-state index contributed by atoms with van der Waals surface area (Å²) in [7, 11) is 0. The zero-order chi connectivity index (χ0) is 12.7. The van der Waals surface area contributed by atoms with Crippen molar-refractivity contribution in [2.24, 2.45) is 0 Å². The van der Waals surface area contributed by atoms with Gasteiger partial charge in [-0.2, -0.15) is 5.26 Å². The lowest BCUT2D eigenvalue weighted by atomic mass is 10.1. The van der Waals surface area contributed by atoms with Gasteiger partial charge in [-0.05, 0) is 42.9 Å². The molecule has 0 fully saturated rings. The maximum absolute atomic E-state index is 9.10. The van der Waals surface area contributed by atoms with Crippen LogP contribution in [0.15, 0.2) is 6.07 Å². The van der Waals surface area contributed by atoms with Crippen LogP contribution < -0.4 is 5.73 Å². The summed E-state index contributed by atoms with van der Waals surface area (Å²) in [6.07, 6.45) is 4.60. The third kappa shape index (κ3) is 1.66. The molecule has 1 aliphatic carbocycles. The topological polar surface area (TPSA) is 49.8 Å². The molecule has 4 heteroatoms. The zero-order valence-corrected chi connectivity index (χ0v) is 11.9. The fraction of sp³-hybridized carbons (Fsp3) is 0.357. The van der Waals surface area contributed by atoms with Crippen LogP contribution in [0.3, 0.4) is 0 Å². The summed E-state index contributed by atoms with van der Waals surface area (Å²) < 4.78 is 0. The minimum absolute atomic E-state index is 0.662. The number of anilines is 1. The van der Waals surface area contributed by atoms with Crippen molar-refractivity contribution in [3.05, 3.63) is 26.9 Å². The van der Waals surface area contributed by atoms with Crippen LogP contribution in [0.5, 0.6) is 0 Å². The second-order valence-electron chi connectivity index (χ2n) is 4.53. The minimum atomic E-state index is 0.662. The van der Waals surface area contributed by atoms with E-state index in [1.54, 1.807) is 11.3 Å². The molecule has 2 aromatic heterocycles. The first kappa shape index (κ1) is 11.8. The Morgan fingerprint density at radius 2 is 2.22 bits per heavy atom. The Bertz CT molecular complexity index is 622. The van der Waals surface area contributed by atoms with Crippen LogP contribution in [-0.4, -0.2) is 0 Å². The first-order valence-corrected chi connectivity index (χ1v) is 7.81. The van der Waals surface area contributed by atoms with Crippen LogP contribution in [-0.2, 0) is 19.3 Å². The molecule has 2 aromatic rings. The summed E-state index contributed by atoms with van der Waals surface area (Å²) in [5.74, 6) is 0. The van der Waals surface area contributed by atoms with Gasteiger partial charge in [0.05, 0.1) is 10.6 Å². The van der Waals surface area contributed by atoms with Crippen molar-refractivity contribution >= 4 is 28.4 Å². The molecular formula is C14H14N2S2. The fourth-order valence-corrected chi connectivity index (χ4v) is 5.04. The molecule has 0 radical (unpaired) electrons. The van der Waals surface area contributed by atoms with Gasteiger partial charge < -0.3 is 5.73 Å². The average Bonchev–Trinajstić information content (AvgIpc) is 3.00. The molecule has 0 saturated carbocycles. The molecule has 18 heavy (non-hydrogen) atoms. The van der Waals surface area contributed by atoms with E-state index in [0.717, 1.165) is 12.0 Å². The molecule has 92 valence electrons. The molecule has 1 aliphatic rings. The van der Waals surface area contributed by atoms with E-state index in [1.807, 2.05) is 11.3 Å². The molecule has 2 heterocycles. The third-order valence-electron chi connectivity index (χ3n) is 3.47. The Morgan fingerprint density at radius 1 is 1.39 bits per heavy atom. The van der Waals surface area contributed by atoms with E-state index < -0.39 is 0 Å². The van der Waals surface area contributed by atoms with E-state index in [0.29, 0.717) is 10.6 Å². The van der Waals surface area contributed by atoms with Gasteiger partial charge in [-0.15, -0.1) is 22.7 Å². The summed E-state index contributed by atoms with van der Waals surface area (Å²) in [5, 5.41) is 9.10. The maximum Gasteiger partial charge on any atom is 0.128 e. The Balaban J connectivity index is 2.13. The lowest BCUT2D eigenvalue weighted by Crippen LogP contribution is -1.90. The highest BCUT2D eigenvalue weighted by molar-refractivity contribution is 7.23. The van der Waals surface area contributed by atoms with Gasteiger partial charge >= 0.3 is 0 Å². The molecule has 0 aliphatic heterocycles. The van der Waals surface area contributed by atoms with Gasteiger partial charge in [0, 0.05) is 9.75 Å². The lowest BCUT2D eigenvalue weighted by molar-refractivity contribution is 0.915. The van der Waals surface area contributed by atoms with Crippen LogP contribution in [0.2, 0.25) is 0 Å². The van der Waals surface area contributed by atoms with Gasteiger partial charge in [0.25, 0.3) is 0 Å². The van der Waals surface area contributed by atoms with Gasteiger partial charge in [0.15, 0.2) is 0 Å². The van der Waals surface area contributed by atoms with Crippen LogP contribution >= 0.6 is 22.7 Å². The average molecular weight is 274 g/mol. The second-order valence-corrected chi connectivity index (χ2v) is 6.69. The van der Waals surface area contributed by atoms with Crippen LogP contribution in [0, 0.1) is 11.3 Å². The number of nitrogen functional groups attached to an aromatic ring is 1. The number of nitrogens with two attached hydrogens (primary N) is 1. The number of hydrogen-bond acceptors (Lipinski definition) is 4. The third-order valence-corrected chi connectivity index (χ3v) is 6.04. The summed E-state index contributed by atoms with van der Waals surface area (Å²) in [6.45, 7) is 2.10. The van der Waals surface area contributed by atoms with E-state index in [-0.39, 0.29) is 0 Å². The monoisotopic (exact) mass is 274 g/mol. The highest BCUT2D eigenvalue weighted by Gasteiger charge is 2.21. The quantitative estimate of drug-likeness (QED) is 0.900. The van der Waals surface area contributed by atoms with Crippen LogP contribution in [0.25, 0.3) is 9.75 Å². The summed E-state index contributed by atoms with van der Waals surface area (Å²) in [6, 6.07) is 4.51. The van der Waals surface area contributed by atoms with E-state index in [4.69, 9.17) is 11.0 Å². The van der Waals surface area contributed by atoms with Gasteiger partial charge in [-0.1, -0.05) is 6.92 Å². The molecule has 3 rings (SSSR count). The molecule has 0 atom stereocenters. The molecule has 0 saturated heterocycles. The van der Waals surface area contributed by atoms with Crippen molar-refractivity contribution in [2.45, 2.75) is 32.6 Å². The van der Waals surface area contributed by atoms with Crippen LogP contribution in [0.4, 0.5) is 5.69 Å². The molecule has 0 aromatic carbocycles. The number of rotatable bonds is 2. The Labute approximate surface area is 115 Å². The molecule has 0 spiro atoms. The number of nitriles is 1. The molecule has 0 unspecified atom stereocenters. The highest BCUT2D eigenvalue weighted by Crippen LogP contribution is 2.44. The Hall–Kier alpha value is -1.31. The predicted octanol–water partition coefficient (Wildman–Crippen LogP) is 3.98. The van der Waals surface area contributed by atoms with Gasteiger partial charge in [0.2, 0.25) is 0 Å².